The van der Waals surface area contributed by atoms with Crippen molar-refractivity contribution >= 4 is 16.4 Å². The van der Waals surface area contributed by atoms with Gasteiger partial charge >= 0.3 is 0 Å². The van der Waals surface area contributed by atoms with Crippen LogP contribution in [0.3, 0.4) is 0 Å². The lowest BCUT2D eigenvalue weighted by Gasteiger charge is -2.33. The minimum atomic E-state index is -0.714. The van der Waals surface area contributed by atoms with Crippen molar-refractivity contribution in [3.8, 4) is 17.2 Å². The van der Waals surface area contributed by atoms with E-state index >= 15 is 0 Å². The Morgan fingerprint density at radius 1 is 1.05 bits per heavy atom. The Morgan fingerprint density at radius 3 is 2.27 bits per heavy atom. The van der Waals surface area contributed by atoms with Gasteiger partial charge in [0.25, 0.3) is 0 Å². The van der Waals surface area contributed by atoms with Crippen molar-refractivity contribution in [3.05, 3.63) is 23.8 Å². The maximum Gasteiger partial charge on any atom is 0.203 e. The molecule has 3 atom stereocenters. The zero-order valence-corrected chi connectivity index (χ0v) is 14.1. The highest BCUT2D eigenvalue weighted by molar-refractivity contribution is 7.86. The Morgan fingerprint density at radius 2 is 1.73 bits per heavy atom. The van der Waals surface area contributed by atoms with E-state index in [1.165, 1.54) is 12.0 Å². The highest BCUT2D eigenvalue weighted by atomic mass is 32.2. The van der Waals surface area contributed by atoms with Crippen molar-refractivity contribution in [3.63, 3.8) is 0 Å². The lowest BCUT2D eigenvalue weighted by molar-refractivity contribution is 0.324. The summed E-state index contributed by atoms with van der Waals surface area (Å²) in [4.78, 5) is 0. The van der Waals surface area contributed by atoms with Gasteiger partial charge in [-0.2, -0.15) is 0 Å². The Hall–Kier alpha value is -1.49. The van der Waals surface area contributed by atoms with Crippen LogP contribution in [-0.4, -0.2) is 36.0 Å². The van der Waals surface area contributed by atoms with E-state index in [-0.39, 0.29) is 10.5 Å². The fourth-order valence-corrected chi connectivity index (χ4v) is 5.31. The van der Waals surface area contributed by atoms with E-state index in [2.05, 4.69) is 6.08 Å². The van der Waals surface area contributed by atoms with Gasteiger partial charge in [-0.3, -0.25) is 4.21 Å². The first kappa shape index (κ1) is 15.4. The summed E-state index contributed by atoms with van der Waals surface area (Å²) in [5.41, 5.74) is 2.32. The van der Waals surface area contributed by atoms with E-state index in [0.29, 0.717) is 17.2 Å². The molecule has 3 rings (SSSR count). The van der Waals surface area contributed by atoms with Gasteiger partial charge in [-0.25, -0.2) is 0 Å². The molecule has 4 nitrogen and oxygen atoms in total. The Labute approximate surface area is 133 Å². The average molecular weight is 322 g/mol. The maximum absolute atomic E-state index is 12.3. The van der Waals surface area contributed by atoms with Gasteiger partial charge in [0.05, 0.1) is 26.6 Å². The van der Waals surface area contributed by atoms with Gasteiger partial charge in [-0.05, 0) is 42.5 Å². The number of ether oxygens (including phenoxy) is 3. The van der Waals surface area contributed by atoms with Crippen LogP contribution in [-0.2, 0) is 10.8 Å². The van der Waals surface area contributed by atoms with Crippen LogP contribution in [0.4, 0.5) is 0 Å². The van der Waals surface area contributed by atoms with Crippen LogP contribution < -0.4 is 14.2 Å². The molecule has 0 aromatic heterocycles. The predicted octanol–water partition coefficient (Wildman–Crippen LogP) is 3.17. The normalized spacial score (nSPS) is 27.0. The highest BCUT2D eigenvalue weighted by Gasteiger charge is 2.34. The van der Waals surface area contributed by atoms with Crippen molar-refractivity contribution in [2.75, 3.05) is 21.3 Å². The van der Waals surface area contributed by atoms with Crippen LogP contribution in [0.1, 0.15) is 31.2 Å². The van der Waals surface area contributed by atoms with Crippen LogP contribution >= 0.6 is 0 Å². The Balaban J connectivity index is 2.03. The van der Waals surface area contributed by atoms with E-state index in [4.69, 9.17) is 14.2 Å². The first-order chi connectivity index (χ1) is 10.7. The standard InChI is InChI=1S/C17H22O4S/c1-19-15-9-12(10-16(20-2)17(15)21-3)11-7-13-5-4-6-14(8-11)22(13)18/h7,9-10,13-14H,4-6,8H2,1-3H3. The molecule has 0 spiro atoms. The molecule has 0 saturated carbocycles. The maximum atomic E-state index is 12.3. The van der Waals surface area contributed by atoms with Gasteiger partial charge in [0.1, 0.15) is 0 Å². The first-order valence-corrected chi connectivity index (χ1v) is 8.86. The number of methoxy groups -OCH3 is 3. The summed E-state index contributed by atoms with van der Waals surface area (Å²) in [7, 11) is 4.14. The largest absolute Gasteiger partial charge is 0.493 e. The van der Waals surface area contributed by atoms with Crippen molar-refractivity contribution in [2.45, 2.75) is 36.2 Å². The van der Waals surface area contributed by atoms with Crippen molar-refractivity contribution < 1.29 is 18.4 Å². The predicted molar refractivity (Wildman–Crippen MR) is 88.3 cm³/mol. The van der Waals surface area contributed by atoms with Crippen molar-refractivity contribution in [2.24, 2.45) is 0 Å². The summed E-state index contributed by atoms with van der Waals surface area (Å²) in [6.45, 7) is 0. The summed E-state index contributed by atoms with van der Waals surface area (Å²) in [6, 6.07) is 3.97. The minimum absolute atomic E-state index is 0.196. The number of benzene rings is 1. The summed E-state index contributed by atoms with van der Waals surface area (Å²) in [5.74, 6) is 1.93. The van der Waals surface area contributed by atoms with E-state index in [0.717, 1.165) is 24.8 Å². The molecule has 0 N–H and O–H groups in total. The molecule has 5 heteroatoms. The molecule has 2 bridgehead atoms. The van der Waals surface area contributed by atoms with Gasteiger partial charge in [0.15, 0.2) is 11.5 Å². The van der Waals surface area contributed by atoms with Crippen molar-refractivity contribution in [1.82, 2.24) is 0 Å². The molecule has 2 aliphatic heterocycles. The summed E-state index contributed by atoms with van der Waals surface area (Å²) in [5, 5.41) is 0.486. The molecule has 3 unspecified atom stereocenters. The van der Waals surface area contributed by atoms with Crippen LogP contribution in [0.5, 0.6) is 17.2 Å². The zero-order chi connectivity index (χ0) is 15.7. The molecular weight excluding hydrogens is 300 g/mol. The van der Waals surface area contributed by atoms with Gasteiger partial charge < -0.3 is 14.2 Å². The third-order valence-electron chi connectivity index (χ3n) is 4.51. The number of fused-ring (bicyclic) bond motifs is 2. The molecule has 0 amide bonds. The zero-order valence-electron chi connectivity index (χ0n) is 13.3. The summed E-state index contributed by atoms with van der Waals surface area (Å²) < 4.78 is 28.6. The van der Waals surface area contributed by atoms with Gasteiger partial charge in [-0.1, -0.05) is 12.5 Å². The van der Waals surface area contributed by atoms with E-state index in [9.17, 15) is 4.21 Å². The first-order valence-electron chi connectivity index (χ1n) is 7.58. The molecule has 1 aromatic rings. The number of hydrogen-bond donors (Lipinski definition) is 0. The Kier molecular flexibility index (Phi) is 4.43. The fraction of sp³-hybridized carbons (Fsp3) is 0.529. The second kappa shape index (κ2) is 6.32. The monoisotopic (exact) mass is 322 g/mol. The molecule has 2 heterocycles. The fourth-order valence-electron chi connectivity index (χ4n) is 3.38. The lowest BCUT2D eigenvalue weighted by Crippen LogP contribution is -2.33. The Bertz CT molecular complexity index is 598. The SMILES string of the molecule is COc1cc(C2=CC3CCCC(C2)S3=O)cc(OC)c1OC. The molecule has 0 radical (unpaired) electrons. The molecule has 22 heavy (non-hydrogen) atoms. The highest BCUT2D eigenvalue weighted by Crippen LogP contribution is 2.43. The van der Waals surface area contributed by atoms with Gasteiger partial charge in [-0.15, -0.1) is 0 Å². The van der Waals surface area contributed by atoms with Crippen LogP contribution in [0.25, 0.3) is 5.57 Å². The van der Waals surface area contributed by atoms with Crippen LogP contribution in [0, 0.1) is 0 Å². The molecule has 1 fully saturated rings. The number of hydrogen-bond acceptors (Lipinski definition) is 4. The van der Waals surface area contributed by atoms with E-state index in [1.54, 1.807) is 21.3 Å². The third-order valence-corrected chi connectivity index (χ3v) is 6.54. The quantitative estimate of drug-likeness (QED) is 0.854. The molecular formula is C17H22O4S. The molecule has 2 aliphatic rings. The smallest absolute Gasteiger partial charge is 0.203 e. The van der Waals surface area contributed by atoms with E-state index < -0.39 is 10.8 Å². The number of allylic oxidation sites excluding steroid dienone is 1. The molecule has 0 aliphatic carbocycles. The average Bonchev–Trinajstić information content (AvgIpc) is 2.53. The van der Waals surface area contributed by atoms with Crippen molar-refractivity contribution in [1.29, 1.82) is 0 Å². The molecule has 1 saturated heterocycles. The topological polar surface area (TPSA) is 44.8 Å². The van der Waals surface area contributed by atoms with Crippen LogP contribution in [0.15, 0.2) is 18.2 Å². The second-order valence-electron chi connectivity index (χ2n) is 5.73. The summed E-state index contributed by atoms with van der Waals surface area (Å²) in [6.07, 6.45) is 6.32. The minimum Gasteiger partial charge on any atom is -0.493 e. The van der Waals surface area contributed by atoms with Gasteiger partial charge in [0, 0.05) is 16.0 Å². The lowest BCUT2D eigenvalue weighted by atomic mass is 9.93. The van der Waals surface area contributed by atoms with E-state index in [1.807, 2.05) is 12.1 Å². The van der Waals surface area contributed by atoms with Crippen LogP contribution in [0.2, 0.25) is 0 Å². The number of rotatable bonds is 4. The summed E-state index contributed by atoms with van der Waals surface area (Å²) >= 11 is 0. The molecule has 120 valence electrons. The molecule has 1 aromatic carbocycles. The second-order valence-corrected chi connectivity index (χ2v) is 7.66. The third kappa shape index (κ3) is 2.62. The van der Waals surface area contributed by atoms with Gasteiger partial charge in [0.2, 0.25) is 5.75 Å².